The lowest BCUT2D eigenvalue weighted by atomic mass is 10.2. The largest absolute Gasteiger partial charge is 0.491 e. The third-order valence-electron chi connectivity index (χ3n) is 4.10. The highest BCUT2D eigenvalue weighted by molar-refractivity contribution is 7.16. The van der Waals surface area contributed by atoms with Gasteiger partial charge < -0.3 is 18.8 Å². The van der Waals surface area contributed by atoms with Gasteiger partial charge in [-0.15, -0.1) is 6.42 Å². The van der Waals surface area contributed by atoms with Crippen molar-refractivity contribution in [2.75, 3.05) is 6.79 Å². The molecule has 2 heterocycles. The third kappa shape index (κ3) is 3.47. The van der Waals surface area contributed by atoms with Crippen LogP contribution in [-0.2, 0) is 6.54 Å². The van der Waals surface area contributed by atoms with Crippen LogP contribution in [0.5, 0.6) is 17.2 Å². The molecule has 1 aromatic heterocycles. The maximum atomic E-state index is 12.7. The van der Waals surface area contributed by atoms with Crippen LogP contribution < -0.4 is 19.0 Å². The smallest absolute Gasteiger partial charge is 0.279 e. The quantitative estimate of drug-likeness (QED) is 0.635. The van der Waals surface area contributed by atoms with Crippen molar-refractivity contribution in [1.82, 2.24) is 4.57 Å². The van der Waals surface area contributed by atoms with Crippen molar-refractivity contribution < 1.29 is 19.0 Å². The summed E-state index contributed by atoms with van der Waals surface area (Å²) < 4.78 is 19.2. The number of aromatic nitrogens is 1. The van der Waals surface area contributed by atoms with Crippen LogP contribution in [0.25, 0.3) is 10.2 Å². The first-order chi connectivity index (χ1) is 13.5. The van der Waals surface area contributed by atoms with Crippen molar-refractivity contribution in [3.05, 3.63) is 46.8 Å². The van der Waals surface area contributed by atoms with Gasteiger partial charge in [-0.05, 0) is 38.1 Å². The van der Waals surface area contributed by atoms with Crippen LogP contribution in [0.3, 0.4) is 0 Å². The number of benzene rings is 2. The van der Waals surface area contributed by atoms with Gasteiger partial charge in [0.2, 0.25) is 6.79 Å². The zero-order valence-electron chi connectivity index (χ0n) is 15.5. The molecule has 4 rings (SSSR count). The van der Waals surface area contributed by atoms with E-state index in [4.69, 9.17) is 20.6 Å². The molecule has 0 radical (unpaired) electrons. The minimum Gasteiger partial charge on any atom is -0.491 e. The fourth-order valence-electron chi connectivity index (χ4n) is 2.89. The van der Waals surface area contributed by atoms with E-state index in [0.717, 1.165) is 10.2 Å². The molecule has 1 aliphatic rings. The van der Waals surface area contributed by atoms with Gasteiger partial charge in [0.1, 0.15) is 5.75 Å². The Balaban J connectivity index is 1.73. The van der Waals surface area contributed by atoms with Crippen LogP contribution in [-0.4, -0.2) is 23.4 Å². The molecule has 0 saturated carbocycles. The van der Waals surface area contributed by atoms with E-state index in [1.54, 1.807) is 24.3 Å². The van der Waals surface area contributed by atoms with Crippen LogP contribution in [0.1, 0.15) is 24.2 Å². The summed E-state index contributed by atoms with van der Waals surface area (Å²) in [5.41, 5.74) is 1.34. The highest BCUT2D eigenvalue weighted by Crippen LogP contribution is 2.36. The Hall–Kier alpha value is -3.24. The molecule has 1 amide bonds. The Kier molecular flexibility index (Phi) is 4.80. The predicted octanol–water partition coefficient (Wildman–Crippen LogP) is 3.59. The lowest BCUT2D eigenvalue weighted by Crippen LogP contribution is -2.16. The predicted molar refractivity (Wildman–Crippen MR) is 107 cm³/mol. The lowest BCUT2D eigenvalue weighted by molar-refractivity contribution is 0.0998. The first-order valence-corrected chi connectivity index (χ1v) is 9.59. The average Bonchev–Trinajstić information content (AvgIpc) is 3.24. The number of amides is 1. The molecule has 0 bridgehead atoms. The Morgan fingerprint density at radius 3 is 2.68 bits per heavy atom. The van der Waals surface area contributed by atoms with Crippen molar-refractivity contribution in [3.63, 3.8) is 0 Å². The molecule has 0 unspecified atom stereocenters. The van der Waals surface area contributed by atoms with Crippen LogP contribution in [0.2, 0.25) is 0 Å². The summed E-state index contributed by atoms with van der Waals surface area (Å²) in [6.45, 7) is 4.40. The first-order valence-electron chi connectivity index (χ1n) is 8.77. The lowest BCUT2D eigenvalue weighted by Gasteiger charge is -2.09. The van der Waals surface area contributed by atoms with E-state index in [1.165, 1.54) is 11.3 Å². The summed E-state index contributed by atoms with van der Waals surface area (Å²) in [7, 11) is 0. The van der Waals surface area contributed by atoms with Crippen LogP contribution >= 0.6 is 11.3 Å². The van der Waals surface area contributed by atoms with Gasteiger partial charge in [0, 0.05) is 17.7 Å². The number of carbonyl (C=O) groups excluding carboxylic acids is 1. The summed E-state index contributed by atoms with van der Waals surface area (Å²) in [5, 5.41) is 0. The summed E-state index contributed by atoms with van der Waals surface area (Å²) in [5.74, 6) is 4.34. The van der Waals surface area contributed by atoms with E-state index in [0.29, 0.717) is 34.2 Å². The zero-order valence-corrected chi connectivity index (χ0v) is 16.3. The van der Waals surface area contributed by atoms with Gasteiger partial charge in [-0.2, -0.15) is 4.99 Å². The maximum absolute atomic E-state index is 12.7. The van der Waals surface area contributed by atoms with Crippen molar-refractivity contribution >= 4 is 27.5 Å². The molecule has 6 nitrogen and oxygen atoms in total. The van der Waals surface area contributed by atoms with Gasteiger partial charge in [-0.3, -0.25) is 4.79 Å². The molecule has 7 heteroatoms. The van der Waals surface area contributed by atoms with E-state index in [1.807, 2.05) is 30.5 Å². The number of ether oxygens (including phenoxy) is 3. The zero-order chi connectivity index (χ0) is 19.7. The first kappa shape index (κ1) is 18.1. The Bertz CT molecular complexity index is 1150. The van der Waals surface area contributed by atoms with Crippen molar-refractivity contribution in [2.24, 2.45) is 4.99 Å². The molecule has 28 heavy (non-hydrogen) atoms. The van der Waals surface area contributed by atoms with Crippen LogP contribution in [0.4, 0.5) is 0 Å². The minimum atomic E-state index is -0.339. The van der Waals surface area contributed by atoms with Gasteiger partial charge >= 0.3 is 0 Å². The standard InChI is InChI=1S/C21H18N2O4S/c1-4-9-23-16-10-17-18(26-12-25-17)11-19(16)28-21(23)22-20(24)14-5-7-15(8-6-14)27-13(2)3/h1,5-8,10-11,13H,9,12H2,2-3H3. The molecule has 2 aromatic carbocycles. The molecule has 142 valence electrons. The SMILES string of the molecule is C#CCn1c(=NC(=O)c2ccc(OC(C)C)cc2)sc2cc3c(cc21)OCO3. The number of thiazole rings is 1. The number of nitrogens with zero attached hydrogens (tertiary/aromatic N) is 2. The third-order valence-corrected chi connectivity index (χ3v) is 5.14. The Morgan fingerprint density at radius 2 is 2.00 bits per heavy atom. The Labute approximate surface area is 166 Å². The molecule has 3 aromatic rings. The topological polar surface area (TPSA) is 62.1 Å². The fraction of sp³-hybridized carbons (Fsp3) is 0.238. The molecular formula is C21H18N2O4S. The van der Waals surface area contributed by atoms with Gasteiger partial charge in [0.05, 0.1) is 22.9 Å². The Morgan fingerprint density at radius 1 is 1.29 bits per heavy atom. The van der Waals surface area contributed by atoms with E-state index in [9.17, 15) is 4.79 Å². The number of fused-ring (bicyclic) bond motifs is 2. The normalized spacial score (nSPS) is 13.1. The highest BCUT2D eigenvalue weighted by Gasteiger charge is 2.18. The molecular weight excluding hydrogens is 376 g/mol. The van der Waals surface area contributed by atoms with Gasteiger partial charge in [-0.25, -0.2) is 0 Å². The number of rotatable bonds is 4. The van der Waals surface area contributed by atoms with E-state index in [2.05, 4.69) is 10.9 Å². The maximum Gasteiger partial charge on any atom is 0.279 e. The number of carbonyl (C=O) groups is 1. The van der Waals surface area contributed by atoms with E-state index < -0.39 is 0 Å². The molecule has 0 N–H and O–H groups in total. The van der Waals surface area contributed by atoms with Gasteiger partial charge in [-0.1, -0.05) is 17.3 Å². The number of hydrogen-bond donors (Lipinski definition) is 0. The second kappa shape index (κ2) is 7.41. The van der Waals surface area contributed by atoms with Gasteiger partial charge in [0.25, 0.3) is 5.91 Å². The molecule has 0 saturated heterocycles. The van der Waals surface area contributed by atoms with Crippen LogP contribution in [0, 0.1) is 12.3 Å². The summed E-state index contributed by atoms with van der Waals surface area (Å²) in [6, 6.07) is 10.7. The molecule has 1 aliphatic heterocycles. The molecule has 0 atom stereocenters. The minimum absolute atomic E-state index is 0.0714. The summed E-state index contributed by atoms with van der Waals surface area (Å²) >= 11 is 1.38. The second-order valence-electron chi connectivity index (χ2n) is 6.46. The van der Waals surface area contributed by atoms with Crippen LogP contribution in [0.15, 0.2) is 41.4 Å². The second-order valence-corrected chi connectivity index (χ2v) is 7.47. The fourth-order valence-corrected chi connectivity index (χ4v) is 3.93. The van der Waals surface area contributed by atoms with Crippen molar-refractivity contribution in [3.8, 4) is 29.6 Å². The van der Waals surface area contributed by atoms with E-state index >= 15 is 0 Å². The van der Waals surface area contributed by atoms with Gasteiger partial charge in [0.15, 0.2) is 16.3 Å². The van der Waals surface area contributed by atoms with Crippen molar-refractivity contribution in [1.29, 1.82) is 0 Å². The number of terminal acetylenes is 1. The number of hydrogen-bond acceptors (Lipinski definition) is 5. The van der Waals surface area contributed by atoms with Crippen molar-refractivity contribution in [2.45, 2.75) is 26.5 Å². The molecule has 0 aliphatic carbocycles. The summed E-state index contributed by atoms with van der Waals surface area (Å²) in [6.07, 6.45) is 5.60. The summed E-state index contributed by atoms with van der Waals surface area (Å²) in [4.78, 5) is 17.5. The highest BCUT2D eigenvalue weighted by atomic mass is 32.1. The van der Waals surface area contributed by atoms with E-state index in [-0.39, 0.29) is 18.8 Å². The molecule has 0 spiro atoms. The molecule has 0 fully saturated rings. The average molecular weight is 394 g/mol. The monoisotopic (exact) mass is 394 g/mol.